The Labute approximate surface area is 142 Å². The lowest BCUT2D eigenvalue weighted by atomic mass is 10.1. The molecular weight excluding hydrogens is 292 g/mol. The highest BCUT2D eigenvalue weighted by molar-refractivity contribution is 4.63. The van der Waals surface area contributed by atoms with Crippen molar-refractivity contribution in [1.29, 1.82) is 0 Å². The smallest absolute Gasteiger partial charge is 0.181 e. The maximum Gasteiger partial charge on any atom is 0.181 e. The summed E-state index contributed by atoms with van der Waals surface area (Å²) in [6, 6.07) is 0. The molecule has 0 aliphatic carbocycles. The summed E-state index contributed by atoms with van der Waals surface area (Å²) in [5.74, 6) is 0. The molecule has 0 amide bonds. The summed E-state index contributed by atoms with van der Waals surface area (Å²) in [6.07, 6.45) is 15.9. The molecule has 0 aromatic heterocycles. The Balaban J connectivity index is 1.70. The van der Waals surface area contributed by atoms with Gasteiger partial charge in [-0.1, -0.05) is 77.6 Å². The van der Waals surface area contributed by atoms with Gasteiger partial charge in [0.05, 0.1) is 19.8 Å². The van der Waals surface area contributed by atoms with Crippen LogP contribution in [0.5, 0.6) is 0 Å². The molecule has 0 bridgehead atoms. The second-order valence-corrected chi connectivity index (χ2v) is 6.67. The summed E-state index contributed by atoms with van der Waals surface area (Å²) in [7, 11) is 0. The van der Waals surface area contributed by atoms with Crippen molar-refractivity contribution in [3.05, 3.63) is 0 Å². The summed E-state index contributed by atoms with van der Waals surface area (Å²) in [4.78, 5) is 0. The van der Waals surface area contributed by atoms with Gasteiger partial charge in [0, 0.05) is 6.61 Å². The van der Waals surface area contributed by atoms with Crippen molar-refractivity contribution in [2.24, 2.45) is 0 Å². The second kappa shape index (κ2) is 15.4. The van der Waals surface area contributed by atoms with E-state index in [2.05, 4.69) is 6.92 Å². The third-order valence-corrected chi connectivity index (χ3v) is 4.41. The molecule has 1 rings (SSSR count). The molecule has 1 fully saturated rings. The predicted octanol–water partition coefficient (Wildman–Crippen LogP) is 4.44. The lowest BCUT2D eigenvalue weighted by Crippen LogP contribution is -2.20. The Hall–Kier alpha value is -0.160. The normalized spacial score (nSPS) is 21.1. The first-order valence-electron chi connectivity index (χ1n) is 9.82. The Kier molecular flexibility index (Phi) is 14.0. The molecule has 1 heterocycles. The Morgan fingerprint density at radius 2 is 1.43 bits per heavy atom. The van der Waals surface area contributed by atoms with Crippen molar-refractivity contribution >= 4 is 0 Å². The Morgan fingerprint density at radius 3 is 1.96 bits per heavy atom. The van der Waals surface area contributed by atoms with E-state index in [-0.39, 0.29) is 12.7 Å². The fourth-order valence-electron chi connectivity index (χ4n) is 2.95. The third-order valence-electron chi connectivity index (χ3n) is 4.41. The monoisotopic (exact) mass is 330 g/mol. The van der Waals surface area contributed by atoms with Crippen LogP contribution in [0, 0.1) is 0 Å². The average Bonchev–Trinajstić information content (AvgIpc) is 3.03. The van der Waals surface area contributed by atoms with Crippen LogP contribution in [-0.4, -0.2) is 43.9 Å². The molecule has 0 spiro atoms. The highest BCUT2D eigenvalue weighted by atomic mass is 16.7. The molecule has 4 heteroatoms. The molecule has 1 aliphatic heterocycles. The molecule has 0 saturated carbocycles. The van der Waals surface area contributed by atoms with Gasteiger partial charge in [0.15, 0.2) is 6.29 Å². The van der Waals surface area contributed by atoms with Gasteiger partial charge < -0.3 is 19.3 Å². The maximum atomic E-state index is 8.89. The minimum absolute atomic E-state index is 0.00974. The molecular formula is C19H38O4. The molecule has 0 radical (unpaired) electrons. The topological polar surface area (TPSA) is 47.9 Å². The van der Waals surface area contributed by atoms with Gasteiger partial charge in [-0.25, -0.2) is 0 Å². The van der Waals surface area contributed by atoms with Crippen LogP contribution in [0.1, 0.15) is 84.0 Å². The fourth-order valence-corrected chi connectivity index (χ4v) is 2.95. The van der Waals surface area contributed by atoms with Crippen LogP contribution < -0.4 is 0 Å². The van der Waals surface area contributed by atoms with E-state index < -0.39 is 6.29 Å². The minimum Gasteiger partial charge on any atom is -0.391 e. The van der Waals surface area contributed by atoms with Crippen molar-refractivity contribution in [2.75, 3.05) is 26.4 Å². The van der Waals surface area contributed by atoms with Gasteiger partial charge in [-0.15, -0.1) is 0 Å². The van der Waals surface area contributed by atoms with Crippen LogP contribution in [0.4, 0.5) is 0 Å². The summed E-state index contributed by atoms with van der Waals surface area (Å²) in [5, 5.41) is 8.89. The van der Waals surface area contributed by atoms with Gasteiger partial charge in [-0.3, -0.25) is 0 Å². The summed E-state index contributed by atoms with van der Waals surface area (Å²) in [5.41, 5.74) is 0. The van der Waals surface area contributed by atoms with Gasteiger partial charge in [0.1, 0.15) is 6.10 Å². The number of hydrogen-bond acceptors (Lipinski definition) is 4. The van der Waals surface area contributed by atoms with E-state index in [0.717, 1.165) is 13.0 Å². The average molecular weight is 331 g/mol. The molecule has 2 atom stereocenters. The number of unbranched alkanes of at least 4 members (excludes halogenated alkanes) is 11. The molecule has 1 N–H and O–H groups in total. The Morgan fingerprint density at radius 1 is 0.870 bits per heavy atom. The first kappa shape index (κ1) is 20.9. The minimum atomic E-state index is -0.449. The van der Waals surface area contributed by atoms with E-state index in [9.17, 15) is 0 Å². The lowest BCUT2D eigenvalue weighted by molar-refractivity contribution is -0.0970. The molecule has 0 aromatic carbocycles. The zero-order chi connectivity index (χ0) is 16.6. The van der Waals surface area contributed by atoms with Gasteiger partial charge in [-0.05, 0) is 6.42 Å². The van der Waals surface area contributed by atoms with Crippen LogP contribution in [0.15, 0.2) is 0 Å². The molecule has 2 unspecified atom stereocenters. The molecule has 4 nitrogen and oxygen atoms in total. The quantitative estimate of drug-likeness (QED) is 0.425. The van der Waals surface area contributed by atoms with Crippen LogP contribution in [-0.2, 0) is 14.2 Å². The van der Waals surface area contributed by atoms with Gasteiger partial charge in [-0.2, -0.15) is 0 Å². The van der Waals surface area contributed by atoms with Crippen molar-refractivity contribution < 1.29 is 19.3 Å². The summed E-state index contributed by atoms with van der Waals surface area (Å²) in [6.45, 7) is 4.11. The van der Waals surface area contributed by atoms with Crippen LogP contribution in [0.2, 0.25) is 0 Å². The van der Waals surface area contributed by atoms with Crippen molar-refractivity contribution in [3.63, 3.8) is 0 Å². The highest BCUT2D eigenvalue weighted by Crippen LogP contribution is 2.13. The summed E-state index contributed by atoms with van der Waals surface area (Å²) < 4.78 is 16.3. The lowest BCUT2D eigenvalue weighted by Gasteiger charge is -2.10. The number of aliphatic hydroxyl groups excluding tert-OH is 1. The highest BCUT2D eigenvalue weighted by Gasteiger charge is 2.25. The van der Waals surface area contributed by atoms with Gasteiger partial charge >= 0.3 is 0 Å². The zero-order valence-corrected chi connectivity index (χ0v) is 15.1. The van der Waals surface area contributed by atoms with Gasteiger partial charge in [0.2, 0.25) is 0 Å². The number of aliphatic hydroxyl groups is 1. The first-order valence-corrected chi connectivity index (χ1v) is 9.82. The second-order valence-electron chi connectivity index (χ2n) is 6.67. The molecule has 23 heavy (non-hydrogen) atoms. The number of ether oxygens (including phenoxy) is 3. The summed E-state index contributed by atoms with van der Waals surface area (Å²) >= 11 is 0. The Bertz CT molecular complexity index is 248. The molecule has 0 aromatic rings. The molecule has 138 valence electrons. The maximum absolute atomic E-state index is 8.89. The first-order chi connectivity index (χ1) is 11.4. The van der Waals surface area contributed by atoms with E-state index in [0.29, 0.717) is 13.2 Å². The number of rotatable bonds is 16. The molecule has 1 aliphatic rings. The van der Waals surface area contributed by atoms with Crippen molar-refractivity contribution in [3.8, 4) is 0 Å². The van der Waals surface area contributed by atoms with E-state index in [1.54, 1.807) is 0 Å². The van der Waals surface area contributed by atoms with E-state index in [1.165, 1.54) is 70.6 Å². The van der Waals surface area contributed by atoms with Crippen molar-refractivity contribution in [2.45, 2.75) is 96.4 Å². The number of hydrogen-bond donors (Lipinski definition) is 1. The zero-order valence-electron chi connectivity index (χ0n) is 15.1. The standard InChI is InChI=1S/C19H38O4/c1-2-3-4-5-6-7-8-9-10-11-12-13-14-21-16-18-17-22-19(15-20)23-18/h18-20H,2-17H2,1H3. The van der Waals surface area contributed by atoms with E-state index >= 15 is 0 Å². The van der Waals surface area contributed by atoms with E-state index in [1.807, 2.05) is 0 Å². The van der Waals surface area contributed by atoms with Gasteiger partial charge in [0.25, 0.3) is 0 Å². The van der Waals surface area contributed by atoms with Crippen LogP contribution in [0.25, 0.3) is 0 Å². The van der Waals surface area contributed by atoms with Crippen LogP contribution in [0.3, 0.4) is 0 Å². The largest absolute Gasteiger partial charge is 0.391 e. The fraction of sp³-hybridized carbons (Fsp3) is 1.00. The van der Waals surface area contributed by atoms with E-state index in [4.69, 9.17) is 19.3 Å². The van der Waals surface area contributed by atoms with Crippen LogP contribution >= 0.6 is 0 Å². The third kappa shape index (κ3) is 11.9. The SMILES string of the molecule is CCCCCCCCCCCCCCOCC1COC(CO)O1. The molecule has 1 saturated heterocycles. The van der Waals surface area contributed by atoms with Crippen molar-refractivity contribution in [1.82, 2.24) is 0 Å². The predicted molar refractivity (Wildman–Crippen MR) is 93.6 cm³/mol.